The molecule has 2 aromatic heterocycles. The van der Waals surface area contributed by atoms with Crippen LogP contribution in [-0.4, -0.2) is 33.8 Å². The molecular formula is C22H17ClN4O3. The van der Waals surface area contributed by atoms with Crippen molar-refractivity contribution in [2.45, 2.75) is 6.42 Å². The van der Waals surface area contributed by atoms with Crippen molar-refractivity contribution in [3.63, 3.8) is 0 Å². The summed E-state index contributed by atoms with van der Waals surface area (Å²) in [7, 11) is 0. The number of halogens is 1. The lowest BCUT2D eigenvalue weighted by atomic mass is 10.1. The van der Waals surface area contributed by atoms with Crippen molar-refractivity contribution in [1.29, 1.82) is 0 Å². The molecule has 3 heterocycles. The van der Waals surface area contributed by atoms with Crippen LogP contribution in [0.5, 0.6) is 11.5 Å². The van der Waals surface area contributed by atoms with Crippen LogP contribution in [0, 0.1) is 0 Å². The van der Waals surface area contributed by atoms with Crippen LogP contribution in [0.15, 0.2) is 60.9 Å². The molecule has 0 spiro atoms. The highest BCUT2D eigenvalue weighted by Crippen LogP contribution is 2.35. The number of nitrogens with zero attached hydrogens (tertiary/aromatic N) is 3. The Kier molecular flexibility index (Phi) is 4.72. The average Bonchev–Trinajstić information content (AvgIpc) is 3.41. The van der Waals surface area contributed by atoms with Crippen molar-refractivity contribution in [2.24, 2.45) is 0 Å². The number of fused-ring (bicyclic) bond motifs is 2. The molecule has 1 aliphatic heterocycles. The molecule has 5 rings (SSSR count). The summed E-state index contributed by atoms with van der Waals surface area (Å²) >= 11 is 5.90. The molecule has 7 nitrogen and oxygen atoms in total. The maximum Gasteiger partial charge on any atom is 0.256 e. The number of carbonyl (C=O) groups excluding carboxylic acids is 1. The Balaban J connectivity index is 1.36. The van der Waals surface area contributed by atoms with Crippen molar-refractivity contribution in [2.75, 3.05) is 13.3 Å². The largest absolute Gasteiger partial charge is 0.454 e. The molecule has 0 bridgehead atoms. The summed E-state index contributed by atoms with van der Waals surface area (Å²) in [4.78, 5) is 17.1. The molecule has 8 heteroatoms. The highest BCUT2D eigenvalue weighted by molar-refractivity contribution is 6.30. The first-order valence-corrected chi connectivity index (χ1v) is 9.82. The van der Waals surface area contributed by atoms with Crippen LogP contribution in [-0.2, 0) is 6.42 Å². The summed E-state index contributed by atoms with van der Waals surface area (Å²) in [5, 5.41) is 8.02. The van der Waals surface area contributed by atoms with Gasteiger partial charge < -0.3 is 14.8 Å². The zero-order chi connectivity index (χ0) is 20.5. The highest BCUT2D eigenvalue weighted by Gasteiger charge is 2.18. The fraction of sp³-hybridized carbons (Fsp3) is 0.136. The van der Waals surface area contributed by atoms with Crippen LogP contribution in [0.4, 0.5) is 0 Å². The minimum atomic E-state index is -0.214. The normalized spacial score (nSPS) is 12.3. The summed E-state index contributed by atoms with van der Waals surface area (Å²) in [6.45, 7) is 0.715. The third-order valence-electron chi connectivity index (χ3n) is 4.93. The van der Waals surface area contributed by atoms with Gasteiger partial charge in [0.25, 0.3) is 5.91 Å². The zero-order valence-corrected chi connectivity index (χ0v) is 16.6. The Hall–Kier alpha value is -3.58. The molecule has 0 saturated carbocycles. The molecule has 0 unspecified atom stereocenters. The van der Waals surface area contributed by atoms with Crippen molar-refractivity contribution in [3.05, 3.63) is 77.1 Å². The topological polar surface area (TPSA) is 77.8 Å². The first-order chi connectivity index (χ1) is 14.7. The second kappa shape index (κ2) is 7.68. The van der Waals surface area contributed by atoms with Crippen molar-refractivity contribution >= 4 is 23.2 Å². The van der Waals surface area contributed by atoms with Crippen molar-refractivity contribution < 1.29 is 14.3 Å². The summed E-state index contributed by atoms with van der Waals surface area (Å²) in [6, 6.07) is 15.1. The first kappa shape index (κ1) is 18.4. The smallest absolute Gasteiger partial charge is 0.256 e. The number of rotatable bonds is 5. The van der Waals surface area contributed by atoms with E-state index in [2.05, 4.69) is 15.4 Å². The molecule has 30 heavy (non-hydrogen) atoms. The summed E-state index contributed by atoms with van der Waals surface area (Å²) in [6.07, 6.45) is 3.91. The second-order valence-corrected chi connectivity index (χ2v) is 7.26. The van der Waals surface area contributed by atoms with Gasteiger partial charge in [-0.3, -0.25) is 4.79 Å². The zero-order valence-electron chi connectivity index (χ0n) is 15.8. The Labute approximate surface area is 177 Å². The SMILES string of the molecule is O=C(NCCc1ccc(Cl)cc1)c1cnn2c(-c3ccc4c(c3)OCO4)ccnc12. The van der Waals surface area contributed by atoms with Gasteiger partial charge in [-0.1, -0.05) is 23.7 Å². The van der Waals surface area contributed by atoms with Gasteiger partial charge >= 0.3 is 0 Å². The number of nitrogens with one attached hydrogen (secondary N) is 1. The molecule has 0 radical (unpaired) electrons. The Bertz CT molecular complexity index is 1240. The summed E-state index contributed by atoms with van der Waals surface area (Å²) in [5.41, 5.74) is 3.72. The van der Waals surface area contributed by atoms with Crippen molar-refractivity contribution in [3.8, 4) is 22.8 Å². The summed E-state index contributed by atoms with van der Waals surface area (Å²) < 4.78 is 12.5. The van der Waals surface area contributed by atoms with Gasteiger partial charge in [-0.05, 0) is 48.4 Å². The van der Waals surface area contributed by atoms with Gasteiger partial charge in [0.05, 0.1) is 11.9 Å². The van der Waals surface area contributed by atoms with E-state index in [4.69, 9.17) is 21.1 Å². The minimum absolute atomic E-state index is 0.214. The number of amides is 1. The van der Waals surface area contributed by atoms with E-state index in [0.717, 1.165) is 16.8 Å². The average molecular weight is 421 g/mol. The molecule has 2 aromatic carbocycles. The van der Waals surface area contributed by atoms with E-state index in [1.807, 2.05) is 48.5 Å². The molecule has 4 aromatic rings. The molecule has 150 valence electrons. The highest BCUT2D eigenvalue weighted by atomic mass is 35.5. The van der Waals surface area contributed by atoms with Crippen LogP contribution in [0.2, 0.25) is 5.02 Å². The number of benzene rings is 2. The lowest BCUT2D eigenvalue weighted by molar-refractivity contribution is 0.0955. The molecule has 1 aliphatic rings. The van der Waals surface area contributed by atoms with Gasteiger partial charge in [0, 0.05) is 23.3 Å². The lowest BCUT2D eigenvalue weighted by Gasteiger charge is -2.07. The number of carbonyl (C=O) groups is 1. The molecule has 0 fully saturated rings. The Morgan fingerprint density at radius 3 is 2.80 bits per heavy atom. The van der Waals surface area contributed by atoms with Gasteiger partial charge in [0.2, 0.25) is 6.79 Å². The summed E-state index contributed by atoms with van der Waals surface area (Å²) in [5.74, 6) is 1.18. The first-order valence-electron chi connectivity index (χ1n) is 9.44. The van der Waals surface area contributed by atoms with E-state index in [1.54, 1.807) is 10.7 Å². The number of hydrogen-bond donors (Lipinski definition) is 1. The third kappa shape index (κ3) is 3.44. The second-order valence-electron chi connectivity index (χ2n) is 6.82. The molecule has 1 amide bonds. The molecule has 0 saturated heterocycles. The monoisotopic (exact) mass is 420 g/mol. The fourth-order valence-electron chi connectivity index (χ4n) is 3.39. The van der Waals surface area contributed by atoms with Gasteiger partial charge in [0.1, 0.15) is 5.56 Å². The predicted molar refractivity (Wildman–Crippen MR) is 112 cm³/mol. The van der Waals surface area contributed by atoms with E-state index in [-0.39, 0.29) is 12.7 Å². The van der Waals surface area contributed by atoms with Gasteiger partial charge in [-0.25, -0.2) is 9.50 Å². The lowest BCUT2D eigenvalue weighted by Crippen LogP contribution is -2.25. The predicted octanol–water partition coefficient (Wildman–Crippen LogP) is 3.75. The van der Waals surface area contributed by atoms with E-state index in [0.29, 0.717) is 40.7 Å². The molecule has 0 aliphatic carbocycles. The van der Waals surface area contributed by atoms with Crippen LogP contribution < -0.4 is 14.8 Å². The number of aromatic nitrogens is 3. The molecule has 0 atom stereocenters. The quantitative estimate of drug-likeness (QED) is 0.532. The Morgan fingerprint density at radius 2 is 1.93 bits per heavy atom. The minimum Gasteiger partial charge on any atom is -0.454 e. The van der Waals surface area contributed by atoms with E-state index >= 15 is 0 Å². The van der Waals surface area contributed by atoms with Crippen molar-refractivity contribution in [1.82, 2.24) is 19.9 Å². The number of ether oxygens (including phenoxy) is 2. The number of hydrogen-bond acceptors (Lipinski definition) is 5. The van der Waals surface area contributed by atoms with Crippen LogP contribution in [0.25, 0.3) is 16.9 Å². The van der Waals surface area contributed by atoms with E-state index < -0.39 is 0 Å². The third-order valence-corrected chi connectivity index (χ3v) is 5.18. The fourth-order valence-corrected chi connectivity index (χ4v) is 3.52. The maximum atomic E-state index is 12.7. The van der Waals surface area contributed by atoms with Gasteiger partial charge in [0.15, 0.2) is 17.1 Å². The van der Waals surface area contributed by atoms with Crippen LogP contribution in [0.3, 0.4) is 0 Å². The standard InChI is InChI=1S/C22H17ClN4O3/c23-16-4-1-14(2-5-16)7-9-25-22(28)17-12-26-27-18(8-10-24-21(17)27)15-3-6-19-20(11-15)30-13-29-19/h1-6,8,10-12H,7,9,13H2,(H,25,28). The van der Waals surface area contributed by atoms with Gasteiger partial charge in [-0.2, -0.15) is 5.10 Å². The van der Waals surface area contributed by atoms with Crippen LogP contribution in [0.1, 0.15) is 15.9 Å². The van der Waals surface area contributed by atoms with Crippen LogP contribution >= 0.6 is 11.6 Å². The Morgan fingerprint density at radius 1 is 1.10 bits per heavy atom. The van der Waals surface area contributed by atoms with E-state index in [1.165, 1.54) is 6.20 Å². The molecular weight excluding hydrogens is 404 g/mol. The molecule has 1 N–H and O–H groups in total. The maximum absolute atomic E-state index is 12.7. The van der Waals surface area contributed by atoms with E-state index in [9.17, 15) is 4.79 Å². The van der Waals surface area contributed by atoms with Gasteiger partial charge in [-0.15, -0.1) is 0 Å².